The van der Waals surface area contributed by atoms with Crippen molar-refractivity contribution in [2.75, 3.05) is 0 Å². The number of aromatic amines is 1. The number of carbonyl (C=O) groups is 2. The summed E-state index contributed by atoms with van der Waals surface area (Å²) in [6.07, 6.45) is 0. The van der Waals surface area contributed by atoms with Gasteiger partial charge in [-0.15, -0.1) is 0 Å². The summed E-state index contributed by atoms with van der Waals surface area (Å²) in [6, 6.07) is 10.7. The van der Waals surface area contributed by atoms with Gasteiger partial charge in [0, 0.05) is 17.8 Å². The van der Waals surface area contributed by atoms with Crippen LogP contribution in [0, 0.1) is 6.92 Å². The third-order valence-corrected chi connectivity index (χ3v) is 3.16. The SMILES string of the molecule is CC(=O)c1cc(C(=O)NCc2ccccc2)c(=O)[nH]c1C. The van der Waals surface area contributed by atoms with Crippen molar-refractivity contribution >= 4 is 11.7 Å². The van der Waals surface area contributed by atoms with Crippen molar-refractivity contribution in [2.24, 2.45) is 0 Å². The summed E-state index contributed by atoms with van der Waals surface area (Å²) in [6.45, 7) is 3.35. The lowest BCUT2D eigenvalue weighted by Crippen LogP contribution is -2.30. The number of pyridine rings is 1. The molecule has 5 heteroatoms. The van der Waals surface area contributed by atoms with Gasteiger partial charge in [0.2, 0.25) is 0 Å². The fraction of sp³-hybridized carbons (Fsp3) is 0.188. The van der Waals surface area contributed by atoms with Crippen molar-refractivity contribution in [3.05, 3.63) is 69.1 Å². The molecule has 0 aliphatic rings. The summed E-state index contributed by atoms with van der Waals surface area (Å²) in [7, 11) is 0. The molecular weight excluding hydrogens is 268 g/mol. The van der Waals surface area contributed by atoms with E-state index in [1.165, 1.54) is 13.0 Å². The van der Waals surface area contributed by atoms with Crippen LogP contribution in [0.5, 0.6) is 0 Å². The van der Waals surface area contributed by atoms with Crippen LogP contribution in [0.4, 0.5) is 0 Å². The summed E-state index contributed by atoms with van der Waals surface area (Å²) >= 11 is 0. The number of nitrogens with one attached hydrogen (secondary N) is 2. The molecular formula is C16H16N2O3. The number of ketones is 1. The minimum absolute atomic E-state index is 0.0540. The highest BCUT2D eigenvalue weighted by molar-refractivity contribution is 5.99. The van der Waals surface area contributed by atoms with Gasteiger partial charge in [0.15, 0.2) is 5.78 Å². The van der Waals surface area contributed by atoms with Crippen molar-refractivity contribution in [2.45, 2.75) is 20.4 Å². The van der Waals surface area contributed by atoms with E-state index in [1.54, 1.807) is 6.92 Å². The van der Waals surface area contributed by atoms with Gasteiger partial charge in [-0.3, -0.25) is 14.4 Å². The van der Waals surface area contributed by atoms with Gasteiger partial charge in [-0.25, -0.2) is 0 Å². The molecule has 0 spiro atoms. The van der Waals surface area contributed by atoms with Gasteiger partial charge >= 0.3 is 0 Å². The Morgan fingerprint density at radius 3 is 2.43 bits per heavy atom. The molecule has 1 aromatic heterocycles. The Hall–Kier alpha value is -2.69. The van der Waals surface area contributed by atoms with E-state index < -0.39 is 11.5 Å². The van der Waals surface area contributed by atoms with Gasteiger partial charge in [-0.2, -0.15) is 0 Å². The Morgan fingerprint density at radius 1 is 1.14 bits per heavy atom. The van der Waals surface area contributed by atoms with E-state index in [9.17, 15) is 14.4 Å². The lowest BCUT2D eigenvalue weighted by atomic mass is 10.1. The predicted molar refractivity (Wildman–Crippen MR) is 79.4 cm³/mol. The van der Waals surface area contributed by atoms with Crippen LogP contribution >= 0.6 is 0 Å². The summed E-state index contributed by atoms with van der Waals surface area (Å²) in [5.41, 5.74) is 1.19. The first kappa shape index (κ1) is 14.7. The standard InChI is InChI=1S/C16H16N2O3/c1-10-13(11(2)19)8-14(16(21)18-10)15(20)17-9-12-6-4-3-5-7-12/h3-8H,9H2,1-2H3,(H,17,20)(H,18,21). The zero-order valence-electron chi connectivity index (χ0n) is 11.9. The lowest BCUT2D eigenvalue weighted by molar-refractivity contribution is 0.0949. The maximum absolute atomic E-state index is 12.1. The number of H-pyrrole nitrogens is 1. The van der Waals surface area contributed by atoms with Crippen LogP contribution in [0.1, 0.15) is 38.9 Å². The number of aryl methyl sites for hydroxylation is 1. The van der Waals surface area contributed by atoms with Crippen LogP contribution in [-0.2, 0) is 6.54 Å². The largest absolute Gasteiger partial charge is 0.348 e. The van der Waals surface area contributed by atoms with E-state index in [1.807, 2.05) is 30.3 Å². The molecule has 21 heavy (non-hydrogen) atoms. The number of benzene rings is 1. The fourth-order valence-electron chi connectivity index (χ4n) is 2.03. The smallest absolute Gasteiger partial charge is 0.261 e. The third-order valence-electron chi connectivity index (χ3n) is 3.16. The summed E-state index contributed by atoms with van der Waals surface area (Å²) < 4.78 is 0. The van der Waals surface area contributed by atoms with Gasteiger partial charge < -0.3 is 10.3 Å². The van der Waals surface area contributed by atoms with Gasteiger partial charge in [0.25, 0.3) is 11.5 Å². The lowest BCUT2D eigenvalue weighted by Gasteiger charge is -2.07. The molecule has 0 atom stereocenters. The van der Waals surface area contributed by atoms with Crippen LogP contribution in [0.15, 0.2) is 41.2 Å². The first-order chi connectivity index (χ1) is 9.99. The van der Waals surface area contributed by atoms with Gasteiger partial charge in [-0.1, -0.05) is 30.3 Å². The molecule has 108 valence electrons. The molecule has 0 saturated carbocycles. The number of Topliss-reactive ketones (excluding diaryl/α,β-unsaturated/α-hetero) is 1. The van der Waals surface area contributed by atoms with Crippen LogP contribution in [-0.4, -0.2) is 16.7 Å². The Morgan fingerprint density at radius 2 is 1.81 bits per heavy atom. The highest BCUT2D eigenvalue weighted by atomic mass is 16.2. The molecule has 0 aliphatic heterocycles. The van der Waals surface area contributed by atoms with Crippen LogP contribution in [0.2, 0.25) is 0 Å². The molecule has 1 heterocycles. The van der Waals surface area contributed by atoms with Crippen LogP contribution < -0.4 is 10.9 Å². The predicted octanol–water partition coefficient (Wildman–Crippen LogP) is 1.82. The van der Waals surface area contributed by atoms with E-state index in [-0.39, 0.29) is 11.3 Å². The number of aromatic nitrogens is 1. The molecule has 1 amide bonds. The second-order valence-electron chi connectivity index (χ2n) is 4.78. The zero-order chi connectivity index (χ0) is 15.4. The molecule has 1 aromatic carbocycles. The van der Waals surface area contributed by atoms with Crippen molar-refractivity contribution in [1.82, 2.24) is 10.3 Å². The monoisotopic (exact) mass is 284 g/mol. The molecule has 5 nitrogen and oxygen atoms in total. The van der Waals surface area contributed by atoms with Crippen molar-refractivity contribution in [3.8, 4) is 0 Å². The molecule has 2 rings (SSSR count). The minimum atomic E-state index is -0.498. The first-order valence-corrected chi connectivity index (χ1v) is 6.56. The number of amides is 1. The van der Waals surface area contributed by atoms with Crippen LogP contribution in [0.25, 0.3) is 0 Å². The van der Waals surface area contributed by atoms with E-state index in [0.717, 1.165) is 5.56 Å². The Labute approximate surface area is 122 Å². The molecule has 0 bridgehead atoms. The van der Waals surface area contributed by atoms with Gasteiger partial charge in [-0.05, 0) is 25.5 Å². The maximum atomic E-state index is 12.1. The molecule has 0 saturated heterocycles. The Bertz CT molecular complexity index is 733. The van der Waals surface area contributed by atoms with E-state index in [4.69, 9.17) is 0 Å². The van der Waals surface area contributed by atoms with E-state index >= 15 is 0 Å². The summed E-state index contributed by atoms with van der Waals surface area (Å²) in [5, 5.41) is 2.67. The summed E-state index contributed by atoms with van der Waals surface area (Å²) in [4.78, 5) is 37.9. The topological polar surface area (TPSA) is 79.0 Å². The molecule has 2 N–H and O–H groups in total. The molecule has 0 unspecified atom stereocenters. The van der Waals surface area contributed by atoms with E-state index in [2.05, 4.69) is 10.3 Å². The normalized spacial score (nSPS) is 10.2. The second-order valence-corrected chi connectivity index (χ2v) is 4.78. The van der Waals surface area contributed by atoms with Crippen molar-refractivity contribution < 1.29 is 9.59 Å². The molecule has 0 radical (unpaired) electrons. The van der Waals surface area contributed by atoms with Crippen molar-refractivity contribution in [3.63, 3.8) is 0 Å². The van der Waals surface area contributed by atoms with Crippen LogP contribution in [0.3, 0.4) is 0 Å². The summed E-state index contributed by atoms with van der Waals surface area (Å²) in [5.74, 6) is -0.691. The van der Waals surface area contributed by atoms with Gasteiger partial charge in [0.05, 0.1) is 0 Å². The molecule has 0 aliphatic carbocycles. The second kappa shape index (κ2) is 6.17. The highest BCUT2D eigenvalue weighted by Crippen LogP contribution is 2.06. The number of hydrogen-bond donors (Lipinski definition) is 2. The number of carbonyl (C=O) groups excluding carboxylic acids is 2. The average Bonchev–Trinajstić information content (AvgIpc) is 2.45. The molecule has 0 fully saturated rings. The average molecular weight is 284 g/mol. The maximum Gasteiger partial charge on any atom is 0.261 e. The minimum Gasteiger partial charge on any atom is -0.348 e. The highest BCUT2D eigenvalue weighted by Gasteiger charge is 2.15. The number of rotatable bonds is 4. The number of hydrogen-bond acceptors (Lipinski definition) is 3. The fourth-order valence-corrected chi connectivity index (χ4v) is 2.03. The van der Waals surface area contributed by atoms with Crippen molar-refractivity contribution in [1.29, 1.82) is 0 Å². The third kappa shape index (κ3) is 3.45. The van der Waals surface area contributed by atoms with E-state index in [0.29, 0.717) is 17.8 Å². The zero-order valence-corrected chi connectivity index (χ0v) is 11.9. The Kier molecular flexibility index (Phi) is 4.33. The molecule has 2 aromatic rings. The first-order valence-electron chi connectivity index (χ1n) is 6.56. The quantitative estimate of drug-likeness (QED) is 0.840. The van der Waals surface area contributed by atoms with Gasteiger partial charge in [0.1, 0.15) is 5.56 Å². The Balaban J connectivity index is 2.21.